The predicted octanol–water partition coefficient (Wildman–Crippen LogP) is 3.66. The Morgan fingerprint density at radius 2 is 1.92 bits per heavy atom. The first kappa shape index (κ1) is 18.2. The van der Waals surface area contributed by atoms with Crippen molar-refractivity contribution >= 4 is 17.5 Å². The van der Waals surface area contributed by atoms with Crippen LogP contribution in [0.3, 0.4) is 0 Å². The van der Waals surface area contributed by atoms with Crippen molar-refractivity contribution in [2.24, 2.45) is 0 Å². The predicted molar refractivity (Wildman–Crippen MR) is 105 cm³/mol. The van der Waals surface area contributed by atoms with E-state index in [9.17, 15) is 4.79 Å². The second-order valence-corrected chi connectivity index (χ2v) is 6.65. The zero-order valence-corrected chi connectivity index (χ0v) is 15.6. The van der Waals surface area contributed by atoms with E-state index in [1.807, 2.05) is 37.3 Å². The minimum absolute atomic E-state index is 0.240. The van der Waals surface area contributed by atoms with Crippen molar-refractivity contribution in [3.8, 4) is 0 Å². The number of hydrogen-bond donors (Lipinski definition) is 2. The molecule has 2 N–H and O–H groups in total. The monoisotopic (exact) mass is 353 g/mol. The zero-order chi connectivity index (χ0) is 18.4. The van der Waals surface area contributed by atoms with Gasteiger partial charge in [-0.3, -0.25) is 0 Å². The van der Waals surface area contributed by atoms with Gasteiger partial charge < -0.3 is 15.5 Å². The second kappa shape index (κ2) is 8.65. The molecule has 1 aromatic carbocycles. The summed E-state index contributed by atoms with van der Waals surface area (Å²) in [6, 6.07) is 9.61. The number of anilines is 2. The number of piperidine rings is 1. The molecule has 0 unspecified atom stereocenters. The highest BCUT2D eigenvalue weighted by atomic mass is 16.2. The molecular formula is C20H27N5O. The van der Waals surface area contributed by atoms with Crippen LogP contribution in [0, 0.1) is 6.92 Å². The number of para-hydroxylation sites is 1. The van der Waals surface area contributed by atoms with Gasteiger partial charge in [0.15, 0.2) is 0 Å². The van der Waals surface area contributed by atoms with Gasteiger partial charge in [-0.05, 0) is 44.2 Å². The van der Waals surface area contributed by atoms with Crippen molar-refractivity contribution in [1.82, 2.24) is 15.3 Å². The lowest BCUT2D eigenvalue weighted by molar-refractivity contribution is 0.251. The minimum atomic E-state index is -0.240. The fourth-order valence-electron chi connectivity index (χ4n) is 3.25. The molecule has 2 heterocycles. The lowest BCUT2D eigenvalue weighted by Crippen LogP contribution is -2.32. The van der Waals surface area contributed by atoms with Gasteiger partial charge >= 0.3 is 6.03 Å². The van der Waals surface area contributed by atoms with Gasteiger partial charge in [0.2, 0.25) is 0 Å². The maximum absolute atomic E-state index is 12.2. The Kier molecular flexibility index (Phi) is 6.04. The molecule has 0 atom stereocenters. The van der Waals surface area contributed by atoms with Gasteiger partial charge in [0, 0.05) is 30.5 Å². The van der Waals surface area contributed by atoms with Crippen LogP contribution in [0.4, 0.5) is 16.3 Å². The van der Waals surface area contributed by atoms with E-state index in [-0.39, 0.29) is 6.03 Å². The number of aryl methyl sites for hydroxylation is 2. The third kappa shape index (κ3) is 4.71. The number of urea groups is 1. The molecule has 1 saturated heterocycles. The summed E-state index contributed by atoms with van der Waals surface area (Å²) in [7, 11) is 0. The fourth-order valence-corrected chi connectivity index (χ4v) is 3.25. The number of carbonyl (C=O) groups is 1. The van der Waals surface area contributed by atoms with Crippen LogP contribution in [0.5, 0.6) is 0 Å². The van der Waals surface area contributed by atoms with E-state index >= 15 is 0 Å². The molecule has 26 heavy (non-hydrogen) atoms. The van der Waals surface area contributed by atoms with Crippen molar-refractivity contribution in [3.05, 3.63) is 47.4 Å². The van der Waals surface area contributed by atoms with E-state index in [1.54, 1.807) is 0 Å². The Labute approximate surface area is 155 Å². The van der Waals surface area contributed by atoms with Gasteiger partial charge in [-0.15, -0.1) is 0 Å². The van der Waals surface area contributed by atoms with Crippen molar-refractivity contribution in [1.29, 1.82) is 0 Å². The molecule has 1 aliphatic heterocycles. The van der Waals surface area contributed by atoms with Crippen molar-refractivity contribution < 1.29 is 4.79 Å². The summed E-state index contributed by atoms with van der Waals surface area (Å²) in [4.78, 5) is 23.6. The molecule has 1 aromatic heterocycles. The van der Waals surface area contributed by atoms with Crippen LogP contribution in [-0.4, -0.2) is 29.1 Å². The molecule has 0 spiro atoms. The summed E-state index contributed by atoms with van der Waals surface area (Å²) < 4.78 is 0. The quantitative estimate of drug-likeness (QED) is 0.861. The topological polar surface area (TPSA) is 70.2 Å². The summed E-state index contributed by atoms with van der Waals surface area (Å²) in [5.74, 6) is 1.61. The van der Waals surface area contributed by atoms with E-state index < -0.39 is 0 Å². The smallest absolute Gasteiger partial charge is 0.319 e. The molecule has 2 aromatic rings. The van der Waals surface area contributed by atoms with E-state index in [0.717, 1.165) is 42.3 Å². The Balaban J connectivity index is 1.62. The van der Waals surface area contributed by atoms with Gasteiger partial charge in [0.1, 0.15) is 11.6 Å². The molecule has 0 aliphatic carbocycles. The highest BCUT2D eigenvalue weighted by molar-refractivity contribution is 5.90. The number of nitrogens with zero attached hydrogens (tertiary/aromatic N) is 3. The average Bonchev–Trinajstić information content (AvgIpc) is 2.67. The van der Waals surface area contributed by atoms with E-state index in [1.165, 1.54) is 19.3 Å². The molecular weight excluding hydrogens is 326 g/mol. The van der Waals surface area contributed by atoms with Crippen LogP contribution in [0.15, 0.2) is 30.3 Å². The SMILES string of the molecule is CCc1ccccc1NC(=O)NCc1nc(C)cc(N2CCCCC2)n1. The van der Waals surface area contributed by atoms with E-state index in [2.05, 4.69) is 32.4 Å². The summed E-state index contributed by atoms with van der Waals surface area (Å²) >= 11 is 0. The normalized spacial score (nSPS) is 14.2. The minimum Gasteiger partial charge on any atom is -0.357 e. The van der Waals surface area contributed by atoms with Gasteiger partial charge in [-0.2, -0.15) is 0 Å². The van der Waals surface area contributed by atoms with Crippen LogP contribution in [0.1, 0.15) is 43.3 Å². The average molecular weight is 353 g/mol. The van der Waals surface area contributed by atoms with Crippen LogP contribution < -0.4 is 15.5 Å². The molecule has 0 saturated carbocycles. The highest BCUT2D eigenvalue weighted by Gasteiger charge is 2.14. The second-order valence-electron chi connectivity index (χ2n) is 6.65. The third-order valence-electron chi connectivity index (χ3n) is 4.62. The van der Waals surface area contributed by atoms with Crippen molar-refractivity contribution in [2.45, 2.75) is 46.1 Å². The summed E-state index contributed by atoms with van der Waals surface area (Å²) in [5, 5.41) is 5.77. The lowest BCUT2D eigenvalue weighted by Gasteiger charge is -2.28. The van der Waals surface area contributed by atoms with E-state index in [0.29, 0.717) is 12.4 Å². The molecule has 0 bridgehead atoms. The van der Waals surface area contributed by atoms with Crippen LogP contribution in [-0.2, 0) is 13.0 Å². The maximum Gasteiger partial charge on any atom is 0.319 e. The Bertz CT molecular complexity index is 756. The van der Waals surface area contributed by atoms with Gasteiger partial charge in [0.05, 0.1) is 6.54 Å². The number of carbonyl (C=O) groups excluding carboxylic acids is 1. The number of benzene rings is 1. The first-order valence-corrected chi connectivity index (χ1v) is 9.38. The van der Waals surface area contributed by atoms with E-state index in [4.69, 9.17) is 0 Å². The number of aromatic nitrogens is 2. The zero-order valence-electron chi connectivity index (χ0n) is 15.6. The molecule has 6 heteroatoms. The summed E-state index contributed by atoms with van der Waals surface area (Å²) in [5.41, 5.74) is 2.88. The molecule has 6 nitrogen and oxygen atoms in total. The van der Waals surface area contributed by atoms with Gasteiger partial charge in [0.25, 0.3) is 0 Å². The molecule has 1 aliphatic rings. The molecule has 0 radical (unpaired) electrons. The van der Waals surface area contributed by atoms with Crippen LogP contribution in [0.2, 0.25) is 0 Å². The number of amides is 2. The fraction of sp³-hybridized carbons (Fsp3) is 0.450. The number of nitrogens with one attached hydrogen (secondary N) is 2. The standard InChI is InChI=1S/C20H27N5O/c1-3-16-9-5-6-10-17(16)23-20(26)21-14-18-22-15(2)13-19(24-18)25-11-7-4-8-12-25/h5-6,9-10,13H,3-4,7-8,11-12,14H2,1-2H3,(H2,21,23,26). The lowest BCUT2D eigenvalue weighted by atomic mass is 10.1. The number of rotatable bonds is 5. The van der Waals surface area contributed by atoms with Crippen LogP contribution >= 0.6 is 0 Å². The first-order chi connectivity index (χ1) is 12.7. The largest absolute Gasteiger partial charge is 0.357 e. The van der Waals surface area contributed by atoms with Gasteiger partial charge in [-0.1, -0.05) is 25.1 Å². The molecule has 2 amide bonds. The van der Waals surface area contributed by atoms with Crippen molar-refractivity contribution in [2.75, 3.05) is 23.3 Å². The molecule has 1 fully saturated rings. The highest BCUT2D eigenvalue weighted by Crippen LogP contribution is 2.18. The summed E-state index contributed by atoms with van der Waals surface area (Å²) in [6.45, 7) is 6.43. The maximum atomic E-state index is 12.2. The van der Waals surface area contributed by atoms with Crippen molar-refractivity contribution in [3.63, 3.8) is 0 Å². The number of hydrogen-bond acceptors (Lipinski definition) is 4. The third-order valence-corrected chi connectivity index (χ3v) is 4.62. The Hall–Kier alpha value is -2.63. The Morgan fingerprint density at radius 3 is 2.69 bits per heavy atom. The van der Waals surface area contributed by atoms with Gasteiger partial charge in [-0.25, -0.2) is 14.8 Å². The molecule has 138 valence electrons. The summed E-state index contributed by atoms with van der Waals surface area (Å²) in [6.07, 6.45) is 4.57. The first-order valence-electron chi connectivity index (χ1n) is 9.38. The van der Waals surface area contributed by atoms with Crippen LogP contribution in [0.25, 0.3) is 0 Å². The molecule has 3 rings (SSSR count). The Morgan fingerprint density at radius 1 is 1.15 bits per heavy atom.